The molecular weight excluding hydrogens is 349 g/mol. The molecule has 0 aliphatic rings. The van der Waals surface area contributed by atoms with E-state index >= 15 is 0 Å². The summed E-state index contributed by atoms with van der Waals surface area (Å²) < 4.78 is 43.0. The SMILES string of the molecule is CC(C)C(Nc1ccc(C(F)(F)F)nn1)c1nc(-c2cccnc2)no1. The summed E-state index contributed by atoms with van der Waals surface area (Å²) in [5.74, 6) is 0.846. The molecule has 26 heavy (non-hydrogen) atoms. The van der Waals surface area contributed by atoms with Crippen molar-refractivity contribution in [3.05, 3.63) is 48.2 Å². The summed E-state index contributed by atoms with van der Waals surface area (Å²) in [7, 11) is 0. The summed E-state index contributed by atoms with van der Waals surface area (Å²) >= 11 is 0. The standard InChI is InChI=1S/C16H15F3N6O/c1-9(2)13(21-12-6-5-11(23-24-12)16(17,18)19)15-22-14(25-26-15)10-4-3-7-20-8-10/h3-9,13H,1-2H3,(H,21,24). The van der Waals surface area contributed by atoms with Gasteiger partial charge in [-0.05, 0) is 30.2 Å². The van der Waals surface area contributed by atoms with Crippen molar-refractivity contribution in [1.82, 2.24) is 25.3 Å². The topological polar surface area (TPSA) is 89.6 Å². The first-order chi connectivity index (χ1) is 12.3. The van der Waals surface area contributed by atoms with Gasteiger partial charge in [0.2, 0.25) is 11.7 Å². The summed E-state index contributed by atoms with van der Waals surface area (Å²) in [6.07, 6.45) is -1.30. The van der Waals surface area contributed by atoms with E-state index in [0.29, 0.717) is 17.3 Å². The molecule has 10 heteroatoms. The van der Waals surface area contributed by atoms with Gasteiger partial charge in [-0.25, -0.2) is 0 Å². The highest BCUT2D eigenvalue weighted by Crippen LogP contribution is 2.29. The summed E-state index contributed by atoms with van der Waals surface area (Å²) in [6.45, 7) is 3.81. The summed E-state index contributed by atoms with van der Waals surface area (Å²) in [5.41, 5.74) is -0.361. The Kier molecular flexibility index (Phi) is 4.83. The first-order valence-electron chi connectivity index (χ1n) is 7.76. The Balaban J connectivity index is 1.81. The molecule has 3 aromatic heterocycles. The molecule has 1 N–H and O–H groups in total. The van der Waals surface area contributed by atoms with E-state index in [2.05, 4.69) is 30.6 Å². The van der Waals surface area contributed by atoms with E-state index in [9.17, 15) is 13.2 Å². The molecular formula is C16H15F3N6O. The Labute approximate surface area is 146 Å². The third-order valence-electron chi connectivity index (χ3n) is 3.55. The molecule has 0 amide bonds. The molecule has 0 fully saturated rings. The van der Waals surface area contributed by atoms with Gasteiger partial charge in [0.1, 0.15) is 11.9 Å². The molecule has 0 saturated heterocycles. The Morgan fingerprint density at radius 1 is 1.12 bits per heavy atom. The highest BCUT2D eigenvalue weighted by atomic mass is 19.4. The predicted molar refractivity (Wildman–Crippen MR) is 85.8 cm³/mol. The van der Waals surface area contributed by atoms with Crippen molar-refractivity contribution in [3.8, 4) is 11.4 Å². The summed E-state index contributed by atoms with van der Waals surface area (Å²) in [4.78, 5) is 8.35. The van der Waals surface area contributed by atoms with Gasteiger partial charge in [-0.1, -0.05) is 19.0 Å². The lowest BCUT2D eigenvalue weighted by atomic mass is 10.0. The zero-order valence-corrected chi connectivity index (χ0v) is 13.9. The molecule has 1 unspecified atom stereocenters. The van der Waals surface area contributed by atoms with Crippen molar-refractivity contribution in [2.24, 2.45) is 5.92 Å². The normalized spacial score (nSPS) is 13.0. The van der Waals surface area contributed by atoms with Crippen LogP contribution in [0.4, 0.5) is 19.0 Å². The Bertz CT molecular complexity index is 848. The third kappa shape index (κ3) is 3.95. The number of pyridine rings is 1. The Morgan fingerprint density at radius 2 is 1.92 bits per heavy atom. The first kappa shape index (κ1) is 17.8. The summed E-state index contributed by atoms with van der Waals surface area (Å²) in [5, 5.41) is 13.7. The molecule has 0 bridgehead atoms. The molecule has 136 valence electrons. The number of rotatable bonds is 5. The quantitative estimate of drug-likeness (QED) is 0.737. The number of nitrogens with zero attached hydrogens (tertiary/aromatic N) is 5. The number of anilines is 1. The van der Waals surface area contributed by atoms with Crippen molar-refractivity contribution < 1.29 is 17.7 Å². The number of nitrogens with one attached hydrogen (secondary N) is 1. The van der Waals surface area contributed by atoms with Crippen LogP contribution in [-0.2, 0) is 6.18 Å². The fourth-order valence-electron chi connectivity index (χ4n) is 2.21. The molecule has 7 nitrogen and oxygen atoms in total. The van der Waals surface area contributed by atoms with Crippen LogP contribution in [0.2, 0.25) is 0 Å². The van der Waals surface area contributed by atoms with Gasteiger partial charge in [0, 0.05) is 18.0 Å². The van der Waals surface area contributed by atoms with Crippen molar-refractivity contribution in [3.63, 3.8) is 0 Å². The molecule has 0 radical (unpaired) electrons. The fraction of sp³-hybridized carbons (Fsp3) is 0.312. The van der Waals surface area contributed by atoms with E-state index in [1.807, 2.05) is 13.8 Å². The van der Waals surface area contributed by atoms with Crippen molar-refractivity contribution >= 4 is 5.82 Å². The molecule has 0 aliphatic carbocycles. The number of hydrogen-bond donors (Lipinski definition) is 1. The minimum absolute atomic E-state index is 0.00120. The number of alkyl halides is 3. The second-order valence-corrected chi connectivity index (χ2v) is 5.87. The van der Waals surface area contributed by atoms with Crippen molar-refractivity contribution in [1.29, 1.82) is 0 Å². The monoisotopic (exact) mass is 364 g/mol. The number of aromatic nitrogens is 5. The molecule has 3 aromatic rings. The average molecular weight is 364 g/mol. The van der Waals surface area contributed by atoms with Crippen LogP contribution in [0.5, 0.6) is 0 Å². The van der Waals surface area contributed by atoms with E-state index in [1.165, 1.54) is 6.07 Å². The maximum absolute atomic E-state index is 12.6. The maximum atomic E-state index is 12.6. The fourth-order valence-corrected chi connectivity index (χ4v) is 2.21. The van der Waals surface area contributed by atoms with Crippen molar-refractivity contribution in [2.75, 3.05) is 5.32 Å². The van der Waals surface area contributed by atoms with Crippen LogP contribution in [0.3, 0.4) is 0 Å². The average Bonchev–Trinajstić information content (AvgIpc) is 3.09. The van der Waals surface area contributed by atoms with Gasteiger partial charge in [-0.15, -0.1) is 10.2 Å². The first-order valence-corrected chi connectivity index (χ1v) is 7.76. The van der Waals surface area contributed by atoms with E-state index in [-0.39, 0.29) is 11.7 Å². The smallest absolute Gasteiger partial charge is 0.357 e. The molecule has 0 aromatic carbocycles. The van der Waals surface area contributed by atoms with Gasteiger partial charge >= 0.3 is 6.18 Å². The van der Waals surface area contributed by atoms with E-state index in [0.717, 1.165) is 6.07 Å². The van der Waals surface area contributed by atoms with Crippen LogP contribution in [0.15, 0.2) is 41.2 Å². The van der Waals surface area contributed by atoms with Crippen LogP contribution >= 0.6 is 0 Å². The number of hydrogen-bond acceptors (Lipinski definition) is 7. The largest absolute Gasteiger partial charge is 0.435 e. The van der Waals surface area contributed by atoms with E-state index in [4.69, 9.17) is 4.52 Å². The minimum atomic E-state index is -4.53. The predicted octanol–water partition coefficient (Wildman–Crippen LogP) is 3.75. The van der Waals surface area contributed by atoms with Gasteiger partial charge in [0.25, 0.3) is 0 Å². The number of halogens is 3. The van der Waals surface area contributed by atoms with Gasteiger partial charge < -0.3 is 9.84 Å². The minimum Gasteiger partial charge on any atom is -0.357 e. The molecule has 0 spiro atoms. The van der Waals surface area contributed by atoms with Crippen LogP contribution in [0.25, 0.3) is 11.4 Å². The second kappa shape index (κ2) is 7.06. The zero-order chi connectivity index (χ0) is 18.7. The lowest BCUT2D eigenvalue weighted by molar-refractivity contribution is -0.141. The van der Waals surface area contributed by atoms with Gasteiger partial charge in [-0.2, -0.15) is 18.2 Å². The molecule has 0 aliphatic heterocycles. The van der Waals surface area contributed by atoms with Crippen molar-refractivity contribution in [2.45, 2.75) is 26.1 Å². The highest BCUT2D eigenvalue weighted by molar-refractivity contribution is 5.52. The van der Waals surface area contributed by atoms with E-state index in [1.54, 1.807) is 24.5 Å². The zero-order valence-electron chi connectivity index (χ0n) is 13.9. The molecule has 0 saturated carbocycles. The van der Waals surface area contributed by atoms with Gasteiger partial charge in [0.05, 0.1) is 0 Å². The second-order valence-electron chi connectivity index (χ2n) is 5.87. The van der Waals surface area contributed by atoms with E-state index < -0.39 is 17.9 Å². The lowest BCUT2D eigenvalue weighted by Gasteiger charge is -2.18. The Morgan fingerprint density at radius 3 is 2.50 bits per heavy atom. The molecule has 1 atom stereocenters. The van der Waals surface area contributed by atoms with Crippen LogP contribution in [0, 0.1) is 5.92 Å². The third-order valence-corrected chi connectivity index (χ3v) is 3.55. The van der Waals surface area contributed by atoms with Crippen LogP contribution in [-0.4, -0.2) is 25.3 Å². The lowest BCUT2D eigenvalue weighted by Crippen LogP contribution is -2.19. The highest BCUT2D eigenvalue weighted by Gasteiger charge is 2.33. The van der Waals surface area contributed by atoms with Gasteiger partial charge in [0.15, 0.2) is 5.69 Å². The maximum Gasteiger partial charge on any atom is 0.435 e. The molecule has 3 heterocycles. The molecule has 3 rings (SSSR count). The van der Waals surface area contributed by atoms with Crippen LogP contribution < -0.4 is 5.32 Å². The Hall–Kier alpha value is -3.04. The van der Waals surface area contributed by atoms with Gasteiger partial charge in [-0.3, -0.25) is 4.98 Å². The summed E-state index contributed by atoms with van der Waals surface area (Å²) in [6, 6.07) is 5.17. The van der Waals surface area contributed by atoms with Crippen LogP contribution in [0.1, 0.15) is 31.5 Å².